The lowest BCUT2D eigenvalue weighted by Gasteiger charge is -2.11. The van der Waals surface area contributed by atoms with E-state index in [0.29, 0.717) is 0 Å². The Kier molecular flexibility index (Phi) is 24.2. The van der Waals surface area contributed by atoms with Crippen LogP contribution in [0.1, 0.15) is 0 Å². The molecule has 0 fully saturated rings. The molecular weight excluding hydrogens is 476 g/mol. The first-order valence-electron chi connectivity index (χ1n) is 6.63. The molecule has 0 saturated heterocycles. The Morgan fingerprint density at radius 1 is 0.625 bits per heavy atom. The molecule has 0 aromatic carbocycles. The van der Waals surface area contributed by atoms with Gasteiger partial charge in [-0.2, -0.15) is 0 Å². The minimum atomic E-state index is -1.55. The van der Waals surface area contributed by atoms with E-state index in [0.717, 1.165) is 0 Å². The van der Waals surface area contributed by atoms with Crippen LogP contribution in [0.2, 0.25) is 0 Å². The van der Waals surface area contributed by atoms with Gasteiger partial charge in [0.05, 0.1) is 6.61 Å². The number of hydrogen-bond acceptors (Lipinski definition) is 18. The first-order chi connectivity index (χ1) is 14.5. The Balaban J connectivity index is -0.000000194. The number of hydrogen-bond donors (Lipinski definition) is 4. The first kappa shape index (κ1) is 34.6. The predicted molar refractivity (Wildman–Crippen MR) is 81.4 cm³/mol. The van der Waals surface area contributed by atoms with Gasteiger partial charge in [-0.15, -0.1) is 60.7 Å². The third-order valence-electron chi connectivity index (χ3n) is 1.55. The molecule has 0 spiro atoms. The third kappa shape index (κ3) is 56.2. The van der Waals surface area contributed by atoms with E-state index < -0.39 is 69.2 Å². The quantitative estimate of drug-likeness (QED) is 0.155. The monoisotopic (exact) mass is 490 g/mol. The average molecular weight is 490 g/mol. The van der Waals surface area contributed by atoms with Gasteiger partial charge in [-0.05, 0) is 0 Å². The highest BCUT2D eigenvalue weighted by molar-refractivity contribution is 4.49. The number of rotatable bonds is 12. The maximum Gasteiger partial charge on any atom is 0.294 e. The van der Waals surface area contributed by atoms with E-state index in [4.69, 9.17) is 40.9 Å². The fourth-order valence-electron chi connectivity index (χ4n) is 0.718. The van der Waals surface area contributed by atoms with Crippen LogP contribution in [-0.4, -0.2) is 89.8 Å². The van der Waals surface area contributed by atoms with Gasteiger partial charge in [0, 0.05) is 0 Å². The molecule has 0 amide bonds. The van der Waals surface area contributed by atoms with Crippen LogP contribution in [0.4, 0.5) is 0 Å². The lowest BCUT2D eigenvalue weighted by molar-refractivity contribution is -0.803. The van der Waals surface area contributed by atoms with Crippen molar-refractivity contribution in [2.24, 2.45) is 0 Å². The summed E-state index contributed by atoms with van der Waals surface area (Å²) in [5.41, 5.74) is 0. The fourth-order valence-corrected chi connectivity index (χ4v) is 0.718. The lowest BCUT2D eigenvalue weighted by Crippen LogP contribution is -2.30. The topological polar surface area (TPSA) is 377 Å². The molecule has 4 N–H and O–H groups in total. The summed E-state index contributed by atoms with van der Waals surface area (Å²) < 4.78 is 0. The second-order valence-electron chi connectivity index (χ2n) is 3.82. The molecule has 0 aliphatic heterocycles. The second kappa shape index (κ2) is 22.4. The number of aliphatic hydroxyl groups is 2. The van der Waals surface area contributed by atoms with Gasteiger partial charge in [0.2, 0.25) is 0 Å². The fraction of sp³-hybridized carbons (Fsp3) is 1.00. The predicted octanol–water partition coefficient (Wildman–Crippen LogP) is -3.17. The van der Waals surface area contributed by atoms with Crippen molar-refractivity contribution in [2.45, 2.75) is 12.2 Å². The summed E-state index contributed by atoms with van der Waals surface area (Å²) in [5.74, 6) is 0. The van der Waals surface area contributed by atoms with Crippen LogP contribution in [-0.2, 0) is 19.4 Å². The van der Waals surface area contributed by atoms with Crippen LogP contribution in [0.15, 0.2) is 0 Å². The molecule has 0 saturated carbocycles. The summed E-state index contributed by atoms with van der Waals surface area (Å²) in [6.07, 6.45) is -2.72. The molecule has 0 aliphatic carbocycles. The van der Waals surface area contributed by atoms with Crippen molar-refractivity contribution >= 4 is 0 Å². The molecule has 1 unspecified atom stereocenters. The highest BCUT2D eigenvalue weighted by Gasteiger charge is 2.17. The molecule has 32 heavy (non-hydrogen) atoms. The van der Waals surface area contributed by atoms with Crippen molar-refractivity contribution < 1.29 is 70.5 Å². The number of aliphatic hydroxyl groups excluding tert-OH is 2. The Labute approximate surface area is 171 Å². The van der Waals surface area contributed by atoms with Gasteiger partial charge in [-0.1, -0.05) is 0 Å². The van der Waals surface area contributed by atoms with E-state index in [1.807, 2.05) is 0 Å². The van der Waals surface area contributed by atoms with Crippen LogP contribution in [0, 0.1) is 60.7 Å². The van der Waals surface area contributed by atoms with Crippen molar-refractivity contribution in [2.75, 3.05) is 26.4 Å². The van der Waals surface area contributed by atoms with E-state index in [1.54, 1.807) is 0 Å². The normalized spacial score (nSPS) is 9.47. The van der Waals surface area contributed by atoms with Gasteiger partial charge in [0.1, 0.15) is 25.9 Å². The van der Waals surface area contributed by atoms with Crippen molar-refractivity contribution in [3.8, 4) is 0 Å². The third-order valence-corrected chi connectivity index (χ3v) is 1.55. The summed E-state index contributed by atoms with van der Waals surface area (Å²) >= 11 is 0. The van der Waals surface area contributed by atoms with E-state index >= 15 is 0 Å². The molecular formula is C6H14N6O20. The summed E-state index contributed by atoms with van der Waals surface area (Å²) in [6, 6.07) is 0. The SMILES string of the molecule is O=[N+]([O-])O.O=[N+]([O-])O.O=[N+]([O-])OCC(CO[N+](=O)[O-])O[N+](=O)[O-].O=[N+]([O-])OCC(O)CO. The Bertz CT molecular complexity index is 545. The van der Waals surface area contributed by atoms with E-state index in [9.17, 15) is 40.5 Å². The molecule has 0 bridgehead atoms. The minimum absolute atomic E-state index is 0.483. The van der Waals surface area contributed by atoms with E-state index in [-0.39, 0.29) is 0 Å². The average Bonchev–Trinajstić information content (AvgIpc) is 2.61. The molecule has 26 heteroatoms. The lowest BCUT2D eigenvalue weighted by atomic mass is 10.4. The van der Waals surface area contributed by atoms with Crippen molar-refractivity contribution in [3.63, 3.8) is 0 Å². The molecule has 188 valence electrons. The maximum absolute atomic E-state index is 9.83. The highest BCUT2D eigenvalue weighted by atomic mass is 17.0. The van der Waals surface area contributed by atoms with Crippen molar-refractivity contribution in [1.29, 1.82) is 0 Å². The zero-order chi connectivity index (χ0) is 26.3. The van der Waals surface area contributed by atoms with Crippen LogP contribution < -0.4 is 0 Å². The smallest absolute Gasteiger partial charge is 0.294 e. The summed E-state index contributed by atoms with van der Waals surface area (Å²) in [7, 11) is 0. The zero-order valence-electron chi connectivity index (χ0n) is 15.0. The van der Waals surface area contributed by atoms with Crippen LogP contribution in [0.5, 0.6) is 0 Å². The first-order valence-corrected chi connectivity index (χ1v) is 6.63. The summed E-state index contributed by atoms with van der Waals surface area (Å²) in [5, 5.41) is 77.7. The Morgan fingerprint density at radius 3 is 1.12 bits per heavy atom. The van der Waals surface area contributed by atoms with Crippen molar-refractivity contribution in [3.05, 3.63) is 60.7 Å². The van der Waals surface area contributed by atoms with Gasteiger partial charge in [-0.25, -0.2) is 0 Å². The molecule has 0 aromatic rings. The van der Waals surface area contributed by atoms with Crippen LogP contribution in [0.3, 0.4) is 0 Å². The molecule has 0 aromatic heterocycles. The van der Waals surface area contributed by atoms with E-state index in [2.05, 4.69) is 19.4 Å². The van der Waals surface area contributed by atoms with Gasteiger partial charge in [0.25, 0.3) is 30.5 Å². The molecule has 0 heterocycles. The standard InChI is InChI=1S/C3H5N3O9.C3H7NO5.2HNO3/c7-4(8)13-1-3(15-6(11)12)2-14-5(9)10;5-1-3(6)2-9-4(7)8;2*2-1(3)4/h3H,1-2H2;3,5-6H,1-2H2;2*(H,2,3,4). The molecule has 1 atom stereocenters. The van der Waals surface area contributed by atoms with Crippen molar-refractivity contribution in [1.82, 2.24) is 0 Å². The van der Waals surface area contributed by atoms with E-state index in [1.165, 1.54) is 0 Å². The maximum atomic E-state index is 9.83. The number of nitrogens with zero attached hydrogens (tertiary/aromatic N) is 6. The van der Waals surface area contributed by atoms with Gasteiger partial charge >= 0.3 is 0 Å². The second-order valence-corrected chi connectivity index (χ2v) is 3.82. The Morgan fingerprint density at radius 2 is 0.906 bits per heavy atom. The molecule has 0 radical (unpaired) electrons. The summed E-state index contributed by atoms with van der Waals surface area (Å²) in [6.45, 7) is -2.71. The van der Waals surface area contributed by atoms with Crippen LogP contribution >= 0.6 is 0 Å². The van der Waals surface area contributed by atoms with Gasteiger partial charge in [0.15, 0.2) is 6.10 Å². The molecule has 26 nitrogen and oxygen atoms in total. The van der Waals surface area contributed by atoms with Gasteiger partial charge < -0.3 is 40.0 Å². The Hall–Kier alpha value is -4.88. The van der Waals surface area contributed by atoms with Gasteiger partial charge in [-0.3, -0.25) is 0 Å². The zero-order valence-corrected chi connectivity index (χ0v) is 15.0. The largest absolute Gasteiger partial charge is 0.394 e. The highest BCUT2D eigenvalue weighted by Crippen LogP contribution is 1.96. The molecule has 0 aliphatic rings. The minimum Gasteiger partial charge on any atom is -0.394 e. The molecule has 0 rings (SSSR count). The van der Waals surface area contributed by atoms with Crippen LogP contribution in [0.25, 0.3) is 0 Å². The summed E-state index contributed by atoms with van der Waals surface area (Å²) in [4.78, 5) is 70.4.